The van der Waals surface area contributed by atoms with Gasteiger partial charge in [-0.15, -0.1) is 16.7 Å². The SMILES string of the molecule is ClCc1nc2ccc(Br)cc2n1CCCn1ccnn1. The quantitative estimate of drug-likeness (QED) is 0.661. The molecular formula is C13H13BrClN5. The van der Waals surface area contributed by atoms with Crippen LogP contribution in [0.4, 0.5) is 0 Å². The number of benzene rings is 1. The molecule has 2 aromatic heterocycles. The minimum atomic E-state index is 0.412. The average Bonchev–Trinajstić information content (AvgIpc) is 3.07. The fourth-order valence-electron chi connectivity index (χ4n) is 2.24. The summed E-state index contributed by atoms with van der Waals surface area (Å²) in [5, 5.41) is 7.76. The highest BCUT2D eigenvalue weighted by Gasteiger charge is 2.10. The van der Waals surface area contributed by atoms with E-state index in [0.29, 0.717) is 5.88 Å². The molecule has 5 nitrogen and oxygen atoms in total. The van der Waals surface area contributed by atoms with Crippen molar-refractivity contribution >= 4 is 38.6 Å². The van der Waals surface area contributed by atoms with Crippen molar-refractivity contribution in [3.05, 3.63) is 40.9 Å². The van der Waals surface area contributed by atoms with Crippen molar-refractivity contribution < 1.29 is 0 Å². The molecule has 0 bridgehead atoms. The number of aromatic nitrogens is 5. The van der Waals surface area contributed by atoms with Gasteiger partial charge in [0.25, 0.3) is 0 Å². The fourth-order valence-corrected chi connectivity index (χ4v) is 2.79. The predicted octanol–water partition coefficient (Wildman–Crippen LogP) is 3.22. The predicted molar refractivity (Wildman–Crippen MR) is 81.6 cm³/mol. The zero-order valence-corrected chi connectivity index (χ0v) is 13.0. The van der Waals surface area contributed by atoms with Crippen LogP contribution in [-0.2, 0) is 19.0 Å². The van der Waals surface area contributed by atoms with Crippen LogP contribution in [0.1, 0.15) is 12.2 Å². The van der Waals surface area contributed by atoms with Gasteiger partial charge in [0.2, 0.25) is 0 Å². The molecule has 0 spiro atoms. The molecule has 0 saturated heterocycles. The number of rotatable bonds is 5. The molecule has 0 radical (unpaired) electrons. The van der Waals surface area contributed by atoms with E-state index in [0.717, 1.165) is 40.8 Å². The summed E-state index contributed by atoms with van der Waals surface area (Å²) in [6.45, 7) is 1.68. The van der Waals surface area contributed by atoms with E-state index in [1.54, 1.807) is 6.20 Å². The van der Waals surface area contributed by atoms with Crippen LogP contribution in [0, 0.1) is 0 Å². The molecule has 0 aliphatic heterocycles. The lowest BCUT2D eigenvalue weighted by Gasteiger charge is -2.07. The van der Waals surface area contributed by atoms with Crippen molar-refractivity contribution in [2.24, 2.45) is 0 Å². The third kappa shape index (κ3) is 2.71. The van der Waals surface area contributed by atoms with Gasteiger partial charge >= 0.3 is 0 Å². The third-order valence-electron chi connectivity index (χ3n) is 3.15. The fraction of sp³-hybridized carbons (Fsp3) is 0.308. The zero-order chi connectivity index (χ0) is 13.9. The summed E-state index contributed by atoms with van der Waals surface area (Å²) in [5.41, 5.74) is 2.08. The summed E-state index contributed by atoms with van der Waals surface area (Å²) in [5.74, 6) is 1.31. The van der Waals surface area contributed by atoms with Crippen molar-refractivity contribution in [1.82, 2.24) is 24.5 Å². The second-order valence-corrected chi connectivity index (χ2v) is 5.65. The highest BCUT2D eigenvalue weighted by atomic mass is 79.9. The lowest BCUT2D eigenvalue weighted by Crippen LogP contribution is -2.07. The minimum absolute atomic E-state index is 0.412. The number of hydrogen-bond acceptors (Lipinski definition) is 3. The van der Waals surface area contributed by atoms with Crippen LogP contribution in [0.5, 0.6) is 0 Å². The topological polar surface area (TPSA) is 48.5 Å². The molecule has 0 aliphatic rings. The molecule has 2 heterocycles. The molecular weight excluding hydrogens is 342 g/mol. The highest BCUT2D eigenvalue weighted by molar-refractivity contribution is 9.10. The molecule has 0 atom stereocenters. The number of imidazole rings is 1. The van der Waals surface area contributed by atoms with Gasteiger partial charge in [0, 0.05) is 23.8 Å². The van der Waals surface area contributed by atoms with Crippen LogP contribution in [0.25, 0.3) is 11.0 Å². The molecule has 0 fully saturated rings. The minimum Gasteiger partial charge on any atom is -0.327 e. The van der Waals surface area contributed by atoms with E-state index in [4.69, 9.17) is 11.6 Å². The van der Waals surface area contributed by atoms with Gasteiger partial charge in [-0.25, -0.2) is 4.98 Å². The first kappa shape index (κ1) is 13.6. The van der Waals surface area contributed by atoms with E-state index in [9.17, 15) is 0 Å². The van der Waals surface area contributed by atoms with Crippen molar-refractivity contribution in [3.63, 3.8) is 0 Å². The Morgan fingerprint density at radius 3 is 2.90 bits per heavy atom. The van der Waals surface area contributed by atoms with Crippen molar-refractivity contribution in [2.75, 3.05) is 0 Å². The number of fused-ring (bicyclic) bond motifs is 1. The summed E-state index contributed by atoms with van der Waals surface area (Å²) in [6, 6.07) is 6.07. The number of halogens is 2. The standard InChI is InChI=1S/C13H13BrClN5/c14-10-2-3-11-12(8-10)20(13(9-15)17-11)6-1-5-19-7-4-16-18-19/h2-4,7-8H,1,5-6,9H2. The largest absolute Gasteiger partial charge is 0.327 e. The maximum atomic E-state index is 6.00. The molecule has 0 N–H and O–H groups in total. The molecule has 0 unspecified atom stereocenters. The number of hydrogen-bond donors (Lipinski definition) is 0. The van der Waals surface area contributed by atoms with E-state index in [-0.39, 0.29) is 0 Å². The summed E-state index contributed by atoms with van der Waals surface area (Å²) in [4.78, 5) is 4.56. The number of alkyl halides is 1. The molecule has 7 heteroatoms. The third-order valence-corrected chi connectivity index (χ3v) is 3.88. The Morgan fingerprint density at radius 2 is 2.15 bits per heavy atom. The Morgan fingerprint density at radius 1 is 1.25 bits per heavy atom. The second-order valence-electron chi connectivity index (χ2n) is 4.47. The van der Waals surface area contributed by atoms with E-state index in [1.807, 2.05) is 23.0 Å². The first-order valence-electron chi connectivity index (χ1n) is 6.32. The number of nitrogens with zero attached hydrogens (tertiary/aromatic N) is 5. The molecule has 20 heavy (non-hydrogen) atoms. The average molecular weight is 355 g/mol. The molecule has 1 aromatic carbocycles. The Balaban J connectivity index is 1.83. The maximum absolute atomic E-state index is 6.00. The summed E-state index contributed by atoms with van der Waals surface area (Å²) >= 11 is 9.50. The molecule has 3 aromatic rings. The molecule has 0 saturated carbocycles. The van der Waals surface area contributed by atoms with Gasteiger partial charge in [0.15, 0.2) is 0 Å². The van der Waals surface area contributed by atoms with Gasteiger partial charge in [0.05, 0.1) is 23.1 Å². The maximum Gasteiger partial charge on any atom is 0.124 e. The molecule has 0 aliphatic carbocycles. The zero-order valence-electron chi connectivity index (χ0n) is 10.7. The van der Waals surface area contributed by atoms with Crippen LogP contribution in [0.15, 0.2) is 35.1 Å². The summed E-state index contributed by atoms with van der Waals surface area (Å²) < 4.78 is 5.04. The monoisotopic (exact) mass is 353 g/mol. The van der Waals surface area contributed by atoms with Crippen LogP contribution in [-0.4, -0.2) is 24.5 Å². The van der Waals surface area contributed by atoms with Gasteiger partial charge < -0.3 is 4.57 Å². The van der Waals surface area contributed by atoms with Gasteiger partial charge in [0.1, 0.15) is 5.82 Å². The van der Waals surface area contributed by atoms with Gasteiger partial charge in [-0.3, -0.25) is 4.68 Å². The first-order chi connectivity index (χ1) is 9.78. The van der Waals surface area contributed by atoms with Gasteiger partial charge in [-0.05, 0) is 24.6 Å². The van der Waals surface area contributed by atoms with Crippen LogP contribution >= 0.6 is 27.5 Å². The second kappa shape index (κ2) is 5.93. The molecule has 3 rings (SSSR count). The smallest absolute Gasteiger partial charge is 0.124 e. The van der Waals surface area contributed by atoms with Crippen molar-refractivity contribution in [2.45, 2.75) is 25.4 Å². The summed E-state index contributed by atoms with van der Waals surface area (Å²) in [7, 11) is 0. The summed E-state index contributed by atoms with van der Waals surface area (Å²) in [6.07, 6.45) is 4.50. The molecule has 104 valence electrons. The van der Waals surface area contributed by atoms with Crippen LogP contribution in [0.3, 0.4) is 0 Å². The Bertz CT molecular complexity index is 707. The van der Waals surface area contributed by atoms with Gasteiger partial charge in [-0.2, -0.15) is 0 Å². The normalized spacial score (nSPS) is 11.3. The number of aryl methyl sites for hydroxylation is 2. The van der Waals surface area contributed by atoms with Crippen LogP contribution in [0.2, 0.25) is 0 Å². The Kier molecular flexibility index (Phi) is 4.03. The van der Waals surface area contributed by atoms with Crippen molar-refractivity contribution in [3.8, 4) is 0 Å². The first-order valence-corrected chi connectivity index (χ1v) is 7.65. The van der Waals surface area contributed by atoms with Crippen LogP contribution < -0.4 is 0 Å². The van der Waals surface area contributed by atoms with Crippen molar-refractivity contribution in [1.29, 1.82) is 0 Å². The lowest BCUT2D eigenvalue weighted by atomic mass is 10.3. The van der Waals surface area contributed by atoms with E-state index in [2.05, 4.69) is 41.9 Å². The Hall–Kier alpha value is -1.40. The van der Waals surface area contributed by atoms with E-state index >= 15 is 0 Å². The van der Waals surface area contributed by atoms with E-state index in [1.165, 1.54) is 0 Å². The van der Waals surface area contributed by atoms with Gasteiger partial charge in [-0.1, -0.05) is 21.1 Å². The highest BCUT2D eigenvalue weighted by Crippen LogP contribution is 2.22. The van der Waals surface area contributed by atoms with E-state index < -0.39 is 0 Å². The molecule has 0 amide bonds. The Labute approximate surface area is 129 Å². The lowest BCUT2D eigenvalue weighted by molar-refractivity contribution is 0.514.